The molecule has 1 aliphatic carbocycles. The molecule has 0 aromatic heterocycles. The number of rotatable bonds is 3. The second-order valence-corrected chi connectivity index (χ2v) is 6.46. The molecule has 0 amide bonds. The molecule has 3 heteroatoms. The molecule has 3 rings (SSSR count). The predicted octanol–water partition coefficient (Wildman–Crippen LogP) is 3.42. The lowest BCUT2D eigenvalue weighted by Crippen LogP contribution is -2.38. The Labute approximate surface area is 120 Å². The van der Waals surface area contributed by atoms with E-state index < -0.39 is 5.60 Å². The highest BCUT2D eigenvalue weighted by molar-refractivity contribution is 6.30. The molecule has 2 aliphatic rings. The highest BCUT2D eigenvalue weighted by Crippen LogP contribution is 2.44. The number of likely N-dealkylation sites (tertiary alicyclic amines) is 1. The van der Waals surface area contributed by atoms with Crippen molar-refractivity contribution < 1.29 is 5.11 Å². The molecule has 2 atom stereocenters. The molecule has 1 saturated heterocycles. The molecule has 19 heavy (non-hydrogen) atoms. The van der Waals surface area contributed by atoms with Gasteiger partial charge in [0.1, 0.15) is 0 Å². The average molecular weight is 280 g/mol. The summed E-state index contributed by atoms with van der Waals surface area (Å²) in [6.45, 7) is 3.44. The van der Waals surface area contributed by atoms with Gasteiger partial charge in [-0.25, -0.2) is 0 Å². The lowest BCUT2D eigenvalue weighted by Gasteiger charge is -2.33. The first-order valence-corrected chi connectivity index (χ1v) is 7.77. The summed E-state index contributed by atoms with van der Waals surface area (Å²) in [7, 11) is 0. The van der Waals surface area contributed by atoms with Crippen LogP contribution in [0.3, 0.4) is 0 Å². The minimum absolute atomic E-state index is 0.367. The second-order valence-electron chi connectivity index (χ2n) is 6.03. The second kappa shape index (κ2) is 5.43. The minimum Gasteiger partial charge on any atom is -0.385 e. The largest absolute Gasteiger partial charge is 0.385 e. The Morgan fingerprint density at radius 2 is 1.84 bits per heavy atom. The van der Waals surface area contributed by atoms with Gasteiger partial charge in [-0.15, -0.1) is 0 Å². The summed E-state index contributed by atoms with van der Waals surface area (Å²) in [5.74, 6) is 0.367. The van der Waals surface area contributed by atoms with Crippen molar-refractivity contribution in [2.45, 2.75) is 37.7 Å². The van der Waals surface area contributed by atoms with Crippen LogP contribution in [0.5, 0.6) is 0 Å². The van der Waals surface area contributed by atoms with E-state index in [-0.39, 0.29) is 0 Å². The lowest BCUT2D eigenvalue weighted by molar-refractivity contribution is -0.0135. The van der Waals surface area contributed by atoms with Crippen molar-refractivity contribution in [1.29, 1.82) is 0 Å². The van der Waals surface area contributed by atoms with Crippen molar-refractivity contribution in [1.82, 2.24) is 4.90 Å². The van der Waals surface area contributed by atoms with Crippen molar-refractivity contribution >= 4 is 11.6 Å². The number of aliphatic hydroxyl groups is 1. The van der Waals surface area contributed by atoms with E-state index in [1.165, 1.54) is 25.9 Å². The third kappa shape index (κ3) is 2.67. The van der Waals surface area contributed by atoms with Crippen LogP contribution in [-0.2, 0) is 5.60 Å². The van der Waals surface area contributed by atoms with E-state index in [1.807, 2.05) is 24.3 Å². The zero-order valence-corrected chi connectivity index (χ0v) is 12.1. The molecule has 1 saturated carbocycles. The van der Waals surface area contributed by atoms with Gasteiger partial charge in [0.05, 0.1) is 5.60 Å². The maximum absolute atomic E-state index is 11.1. The van der Waals surface area contributed by atoms with Crippen molar-refractivity contribution in [3.05, 3.63) is 34.9 Å². The topological polar surface area (TPSA) is 23.5 Å². The highest BCUT2D eigenvalue weighted by Gasteiger charge is 2.43. The first kappa shape index (κ1) is 13.4. The minimum atomic E-state index is -0.646. The zero-order valence-electron chi connectivity index (χ0n) is 11.3. The van der Waals surface area contributed by atoms with Gasteiger partial charge >= 0.3 is 0 Å². The molecule has 1 N–H and O–H groups in total. The maximum Gasteiger partial charge on any atom is 0.0936 e. The van der Waals surface area contributed by atoms with Gasteiger partial charge < -0.3 is 10.0 Å². The molecule has 0 bridgehead atoms. The molecule has 2 unspecified atom stereocenters. The molecule has 2 fully saturated rings. The summed E-state index contributed by atoms with van der Waals surface area (Å²) < 4.78 is 0. The van der Waals surface area contributed by atoms with Crippen molar-refractivity contribution in [3.63, 3.8) is 0 Å². The van der Waals surface area contributed by atoms with Crippen LogP contribution in [0.4, 0.5) is 0 Å². The predicted molar refractivity (Wildman–Crippen MR) is 78.4 cm³/mol. The third-order valence-electron chi connectivity index (χ3n) is 4.81. The number of hydrogen-bond donors (Lipinski definition) is 1. The highest BCUT2D eigenvalue weighted by atomic mass is 35.5. The molecule has 104 valence electrons. The quantitative estimate of drug-likeness (QED) is 0.916. The molecule has 1 aromatic rings. The summed E-state index contributed by atoms with van der Waals surface area (Å²) in [5, 5.41) is 11.8. The molecule has 1 aromatic carbocycles. The van der Waals surface area contributed by atoms with Crippen molar-refractivity contribution in [2.24, 2.45) is 5.92 Å². The average Bonchev–Trinajstić information content (AvgIpc) is 3.03. The lowest BCUT2D eigenvalue weighted by atomic mass is 9.83. The Balaban J connectivity index is 1.78. The number of benzene rings is 1. The Morgan fingerprint density at radius 3 is 2.53 bits per heavy atom. The summed E-state index contributed by atoms with van der Waals surface area (Å²) in [5.41, 5.74) is 0.395. The Bertz CT molecular complexity index is 427. The van der Waals surface area contributed by atoms with Crippen LogP contribution in [0.1, 0.15) is 37.7 Å². The fourth-order valence-corrected chi connectivity index (χ4v) is 3.82. The van der Waals surface area contributed by atoms with E-state index in [1.54, 1.807) is 0 Å². The van der Waals surface area contributed by atoms with Crippen molar-refractivity contribution in [2.75, 3.05) is 19.6 Å². The molecule has 1 heterocycles. The molecular weight excluding hydrogens is 258 g/mol. The van der Waals surface area contributed by atoms with Crippen LogP contribution in [0.2, 0.25) is 5.02 Å². The smallest absolute Gasteiger partial charge is 0.0936 e. The van der Waals surface area contributed by atoms with E-state index >= 15 is 0 Å². The fourth-order valence-electron chi connectivity index (χ4n) is 3.70. The molecule has 0 radical (unpaired) electrons. The number of halogens is 1. The van der Waals surface area contributed by atoms with Crippen molar-refractivity contribution in [3.8, 4) is 0 Å². The molecule has 2 nitrogen and oxygen atoms in total. The maximum atomic E-state index is 11.1. The Kier molecular flexibility index (Phi) is 3.84. The van der Waals surface area contributed by atoms with Crippen LogP contribution in [0.25, 0.3) is 0 Å². The number of hydrogen-bond acceptors (Lipinski definition) is 2. The van der Waals surface area contributed by atoms with Gasteiger partial charge in [0.2, 0.25) is 0 Å². The number of nitrogens with zero attached hydrogens (tertiary/aromatic N) is 1. The monoisotopic (exact) mass is 279 g/mol. The molecule has 1 aliphatic heterocycles. The van der Waals surface area contributed by atoms with Gasteiger partial charge in [-0.3, -0.25) is 0 Å². The van der Waals surface area contributed by atoms with Gasteiger partial charge in [-0.05, 0) is 62.9 Å². The summed E-state index contributed by atoms with van der Waals surface area (Å²) in [6, 6.07) is 7.76. The standard InChI is InChI=1S/C16H22ClNO/c17-15-7-5-13(6-8-15)16(19)9-3-4-14(16)12-18-10-1-2-11-18/h5-8,14,19H,1-4,9-12H2. The summed E-state index contributed by atoms with van der Waals surface area (Å²) >= 11 is 5.95. The van der Waals surface area contributed by atoms with E-state index in [4.69, 9.17) is 11.6 Å². The van der Waals surface area contributed by atoms with Crippen LogP contribution < -0.4 is 0 Å². The Hall–Kier alpha value is -0.570. The zero-order chi connectivity index (χ0) is 13.3. The summed E-state index contributed by atoms with van der Waals surface area (Å²) in [4.78, 5) is 2.51. The van der Waals surface area contributed by atoms with Gasteiger partial charge in [0.25, 0.3) is 0 Å². The van der Waals surface area contributed by atoms with Gasteiger partial charge in [-0.1, -0.05) is 23.7 Å². The molecular formula is C16H22ClNO. The van der Waals surface area contributed by atoms with E-state index in [0.29, 0.717) is 5.92 Å². The van der Waals surface area contributed by atoms with Crippen LogP contribution in [-0.4, -0.2) is 29.6 Å². The SMILES string of the molecule is OC1(c2ccc(Cl)cc2)CCCC1CN1CCCC1. The normalized spacial score (nSPS) is 32.0. The molecule has 0 spiro atoms. The van der Waals surface area contributed by atoms with E-state index in [2.05, 4.69) is 4.90 Å². The Morgan fingerprint density at radius 1 is 1.16 bits per heavy atom. The van der Waals surface area contributed by atoms with Crippen LogP contribution in [0.15, 0.2) is 24.3 Å². The van der Waals surface area contributed by atoms with Crippen LogP contribution >= 0.6 is 11.6 Å². The van der Waals surface area contributed by atoms with E-state index in [9.17, 15) is 5.11 Å². The first-order valence-electron chi connectivity index (χ1n) is 7.39. The van der Waals surface area contributed by atoms with Crippen LogP contribution in [0, 0.1) is 5.92 Å². The first-order chi connectivity index (χ1) is 9.18. The summed E-state index contributed by atoms with van der Waals surface area (Å²) in [6.07, 6.45) is 5.76. The third-order valence-corrected chi connectivity index (χ3v) is 5.06. The van der Waals surface area contributed by atoms with Gasteiger partial charge in [-0.2, -0.15) is 0 Å². The fraction of sp³-hybridized carbons (Fsp3) is 0.625. The van der Waals surface area contributed by atoms with Gasteiger partial charge in [0, 0.05) is 17.5 Å². The van der Waals surface area contributed by atoms with Gasteiger partial charge in [0.15, 0.2) is 0 Å². The van der Waals surface area contributed by atoms with E-state index in [0.717, 1.165) is 36.4 Å².